The fraction of sp³-hybridized carbons (Fsp3) is 0.256. The lowest BCUT2D eigenvalue weighted by atomic mass is 9.79. The average molecular weight is 1890 g/mol. The quantitative estimate of drug-likeness (QED) is 0.0253. The molecule has 0 bridgehead atoms. The van der Waals surface area contributed by atoms with E-state index in [4.69, 9.17) is 61.7 Å². The van der Waals surface area contributed by atoms with Crippen molar-refractivity contribution < 1.29 is 97.8 Å². The average Bonchev–Trinajstić information content (AvgIpc) is 1.54. The van der Waals surface area contributed by atoms with Gasteiger partial charge in [0, 0.05) is 55.4 Å². The number of alkyl halides is 6. The number of aromatic carboxylic acids is 1. The van der Waals surface area contributed by atoms with E-state index in [0.717, 1.165) is 90.0 Å². The van der Waals surface area contributed by atoms with Crippen molar-refractivity contribution in [3.8, 4) is 68.4 Å². The maximum Gasteiger partial charge on any atom is 0.573 e. The van der Waals surface area contributed by atoms with Crippen molar-refractivity contribution in [3.05, 3.63) is 206 Å². The minimum absolute atomic E-state index is 0.0343. The van der Waals surface area contributed by atoms with Crippen LogP contribution in [-0.2, 0) is 18.8 Å². The number of benzene rings is 6. The molecule has 0 aliphatic carbocycles. The van der Waals surface area contributed by atoms with Crippen LogP contribution in [0.5, 0.6) is 35.0 Å². The number of methoxy groups -OCH3 is 6. The van der Waals surface area contributed by atoms with Crippen LogP contribution in [0.1, 0.15) is 129 Å². The highest BCUT2D eigenvalue weighted by atomic mass is 79.9. The third kappa shape index (κ3) is 23.9. The number of aromatic nitrogens is 8. The minimum Gasteiger partial charge on any atom is -0.480 e. The molecule has 666 valence electrons. The minimum atomic E-state index is -4.86. The molecule has 2 atom stereocenters. The maximum atomic E-state index is 13.2. The summed E-state index contributed by atoms with van der Waals surface area (Å²) in [6.45, 7) is 18.6. The highest BCUT2D eigenvalue weighted by molar-refractivity contribution is 9.10. The first-order chi connectivity index (χ1) is 59.8. The Morgan fingerprint density at radius 2 is 0.787 bits per heavy atom. The Balaban J connectivity index is 0.000000164. The molecular formula is C86H86BBrF6N14O15S4. The molecule has 6 aromatic carbocycles. The van der Waals surface area contributed by atoms with Gasteiger partial charge in [-0.1, -0.05) is 106 Å². The van der Waals surface area contributed by atoms with E-state index in [0.29, 0.717) is 54.2 Å². The molecule has 14 aromatic rings. The van der Waals surface area contributed by atoms with Crippen molar-refractivity contribution in [3.63, 3.8) is 0 Å². The Labute approximate surface area is 748 Å². The van der Waals surface area contributed by atoms with Gasteiger partial charge in [0.25, 0.3) is 5.91 Å². The van der Waals surface area contributed by atoms with Gasteiger partial charge in [-0.05, 0) is 192 Å². The number of nitrogen functional groups attached to an aromatic ring is 4. The zero-order valence-electron chi connectivity index (χ0n) is 71.0. The number of carboxylic acids is 1. The number of hydrogen-bond donors (Lipinski definition) is 7. The predicted molar refractivity (Wildman–Crippen MR) is 483 cm³/mol. The van der Waals surface area contributed by atoms with Gasteiger partial charge >= 0.3 is 37.8 Å². The van der Waals surface area contributed by atoms with Gasteiger partial charge in [-0.15, -0.1) is 26.3 Å². The number of rotatable bonds is 17. The molecule has 127 heavy (non-hydrogen) atoms. The van der Waals surface area contributed by atoms with Gasteiger partial charge in [-0.25, -0.2) is 54.3 Å². The first-order valence-corrected chi connectivity index (χ1v) is 42.0. The number of pyridine rings is 4. The number of fused-ring (bicyclic) bond motifs is 4. The molecule has 8 aromatic heterocycles. The van der Waals surface area contributed by atoms with E-state index in [-0.39, 0.29) is 70.0 Å². The fourth-order valence-corrected chi connectivity index (χ4v) is 16.0. The van der Waals surface area contributed by atoms with Gasteiger partial charge in [0.1, 0.15) is 33.8 Å². The van der Waals surface area contributed by atoms with Crippen molar-refractivity contribution >= 4 is 159 Å². The van der Waals surface area contributed by atoms with Crippen molar-refractivity contribution in [1.29, 1.82) is 0 Å². The molecule has 9 heterocycles. The number of nitrogens with one attached hydrogen (secondary N) is 1. The lowest BCUT2D eigenvalue weighted by molar-refractivity contribution is -0.276. The van der Waals surface area contributed by atoms with E-state index < -0.39 is 48.6 Å². The molecule has 0 radical (unpaired) electrons. The van der Waals surface area contributed by atoms with Crippen LogP contribution in [-0.4, -0.2) is 142 Å². The van der Waals surface area contributed by atoms with Gasteiger partial charge in [-0.3, -0.25) is 4.79 Å². The Kier molecular flexibility index (Phi) is 31.0. The number of halogens is 7. The van der Waals surface area contributed by atoms with Gasteiger partial charge in [0.05, 0.1) is 106 Å². The number of amides is 1. The Bertz CT molecular complexity index is 6380. The van der Waals surface area contributed by atoms with Crippen LogP contribution >= 0.6 is 61.3 Å². The Morgan fingerprint density at radius 1 is 0.457 bits per heavy atom. The second-order valence-corrected chi connectivity index (χ2v) is 33.8. The smallest absolute Gasteiger partial charge is 0.480 e. The van der Waals surface area contributed by atoms with Gasteiger partial charge in [0.15, 0.2) is 20.5 Å². The van der Waals surface area contributed by atoms with Gasteiger partial charge < -0.3 is 86.3 Å². The number of esters is 2. The molecule has 1 aliphatic heterocycles. The molecule has 15 rings (SSSR count). The van der Waals surface area contributed by atoms with Crippen LogP contribution in [0, 0.1) is 27.7 Å². The topological polar surface area (TPSA) is 426 Å². The number of aryl methyl sites for hydroxylation is 4. The number of para-hydroxylation sites is 2. The monoisotopic (exact) mass is 1890 g/mol. The number of nitrogens with two attached hydrogens (primary N) is 5. The number of anilines is 4. The van der Waals surface area contributed by atoms with E-state index in [1.54, 1.807) is 57.2 Å². The Hall–Kier alpha value is -12.6. The molecule has 1 aliphatic rings. The summed E-state index contributed by atoms with van der Waals surface area (Å²) in [5, 5.41) is 14.1. The van der Waals surface area contributed by atoms with Crippen LogP contribution < -0.4 is 67.9 Å². The van der Waals surface area contributed by atoms with Gasteiger partial charge in [-0.2, -0.15) is 0 Å². The summed E-state index contributed by atoms with van der Waals surface area (Å²) in [4.78, 5) is 81.8. The standard InChI is InChI=1S/C24H21F3N4O3S.C16H15N3O3S.C15H13N3O3S.C13H17BN2O2S.C9H10BrNO3.C9H10F3NO/c1-12(15-6-4-5-7-19(15)34-24(25,26)27)29-21(32)17-11-16(13(2)30-22(17)33-3)14-8-9-18-20(10-14)35-23(28)31-18;1-8-10(7-11(15(20)22-3)14(18-8)21-2)9-4-5-12-13(6-9)23-16(17)19-12;1-7-9(6-10(14(19)20)13(17-7)21-2)8-3-4-11-12(5-8)22-15(16)18-11;1-12(2)13(3,4)18-14(17-12)8-5-6-9-10(7-8)19-11(15)16-9;1-5-7(10)4-6(9(12)14-3)8(11-5)13-2;1-6(13)7-4-2-3-5-8(7)14-9(10,11)12/h4-12H,1-3H3,(H2,28,31)(H,29,32);4-7H,1-3H3,(H2,17,19);3-6H,1-2H3,(H2,16,18)(H,19,20);5-7H,1-4H3,(H2,15,16);4H,1-3H3;2-6H,13H2,1H3. The van der Waals surface area contributed by atoms with Crippen LogP contribution in [0.2, 0.25) is 0 Å². The summed E-state index contributed by atoms with van der Waals surface area (Å²) in [6, 6.07) is 39.9. The van der Waals surface area contributed by atoms with Crippen molar-refractivity contribution in [2.75, 3.05) is 65.6 Å². The molecule has 29 nitrogen and oxygen atoms in total. The van der Waals surface area contributed by atoms with Crippen molar-refractivity contribution in [2.45, 2.75) is 105 Å². The lowest BCUT2D eigenvalue weighted by Crippen LogP contribution is -2.41. The molecule has 0 saturated carbocycles. The molecule has 12 N–H and O–H groups in total. The number of carbonyl (C=O) groups excluding carboxylic acids is 3. The van der Waals surface area contributed by atoms with Gasteiger partial charge in [0.2, 0.25) is 23.5 Å². The fourth-order valence-electron chi connectivity index (χ4n) is 12.5. The van der Waals surface area contributed by atoms with Crippen LogP contribution in [0.25, 0.3) is 74.2 Å². The molecule has 0 spiro atoms. The normalized spacial score (nSPS) is 13.0. The largest absolute Gasteiger partial charge is 0.573 e. The molecule has 2 unspecified atom stereocenters. The summed E-state index contributed by atoms with van der Waals surface area (Å²) < 4.78 is 129. The predicted octanol–water partition coefficient (Wildman–Crippen LogP) is 18.4. The van der Waals surface area contributed by atoms with E-state index in [1.165, 1.54) is 124 Å². The third-order valence-corrected chi connectivity index (χ3v) is 23.6. The number of carbonyl (C=O) groups is 4. The summed E-state index contributed by atoms with van der Waals surface area (Å²) in [6.07, 6.45) is -9.53. The molecule has 41 heteroatoms. The second-order valence-electron chi connectivity index (χ2n) is 28.7. The Morgan fingerprint density at radius 3 is 1.17 bits per heavy atom. The zero-order chi connectivity index (χ0) is 93.1. The first-order valence-electron chi connectivity index (χ1n) is 37.9. The van der Waals surface area contributed by atoms with Crippen LogP contribution in [0.15, 0.2) is 150 Å². The summed E-state index contributed by atoms with van der Waals surface area (Å²) in [5.74, 6) is -2.49. The molecular weight excluding hydrogens is 1800 g/mol. The van der Waals surface area contributed by atoms with Crippen LogP contribution in [0.3, 0.4) is 0 Å². The SMILES string of the molecule is CC(N)c1ccccc1OC(F)(F)F.CC1(C)OB(c2ccc3nc(N)sc3c2)OC1(C)C.COC(=O)c1cc(-c2ccc3nc(N)sc3c2)c(C)nc1OC.COC(=O)c1cc(Br)c(C)nc1OC.COc1nc(C)c(-c2ccc3nc(N)sc3c2)cc1C(=O)NC(C)c1ccccc1OC(F)(F)F.COc1nc(C)c(-c2ccc3nc(N)sc3c2)cc1C(=O)O. The number of thiazole rings is 4. The summed E-state index contributed by atoms with van der Waals surface area (Å²) >= 11 is 8.92. The third-order valence-electron chi connectivity index (χ3n) is 19.4. The number of carboxylic acid groups (broad SMARTS) is 1. The second kappa shape index (κ2) is 40.8. The molecule has 1 fully saturated rings. The summed E-state index contributed by atoms with van der Waals surface area (Å²) in [7, 11) is 8.03. The highest BCUT2D eigenvalue weighted by Gasteiger charge is 2.52. The lowest BCUT2D eigenvalue weighted by Gasteiger charge is -2.32. The van der Waals surface area contributed by atoms with E-state index in [1.807, 2.05) is 93.6 Å². The van der Waals surface area contributed by atoms with E-state index in [2.05, 4.69) is 103 Å². The highest BCUT2D eigenvalue weighted by Crippen LogP contribution is 2.41. The molecule has 1 saturated heterocycles. The van der Waals surface area contributed by atoms with E-state index in [9.17, 15) is 50.6 Å². The van der Waals surface area contributed by atoms with Crippen molar-refractivity contribution in [2.24, 2.45) is 5.73 Å². The molecule has 1 amide bonds. The van der Waals surface area contributed by atoms with E-state index >= 15 is 0 Å². The zero-order valence-corrected chi connectivity index (χ0v) is 75.8. The first kappa shape index (κ1) is 96.6. The van der Waals surface area contributed by atoms with Crippen molar-refractivity contribution in [1.82, 2.24) is 45.2 Å². The summed E-state index contributed by atoms with van der Waals surface area (Å²) in [5.41, 5.74) is 41.2. The number of hydrogen-bond acceptors (Lipinski definition) is 31. The van der Waals surface area contributed by atoms with Crippen LogP contribution in [0.4, 0.5) is 46.9 Å². The number of nitrogens with zero attached hydrogens (tertiary/aromatic N) is 8. The number of ether oxygens (including phenoxy) is 8. The maximum absolute atomic E-state index is 13.2.